The monoisotopic (exact) mass is 457 g/mol. The van der Waals surface area contributed by atoms with E-state index in [0.29, 0.717) is 5.92 Å². The molecule has 3 aliphatic rings. The molecule has 0 saturated heterocycles. The lowest BCUT2D eigenvalue weighted by atomic mass is 9.87. The molecule has 6 rings (SSSR count). The number of nitrogens with zero attached hydrogens (tertiary/aromatic N) is 1. The maximum atomic E-state index is 13.7. The largest absolute Gasteiger partial charge is 0.389 e. The molecule has 0 radical (unpaired) electrons. The maximum Gasteiger partial charge on any atom is 0.138 e. The van der Waals surface area contributed by atoms with Crippen LogP contribution in [0.5, 0.6) is 0 Å². The highest BCUT2D eigenvalue weighted by molar-refractivity contribution is 5.99. The van der Waals surface area contributed by atoms with Gasteiger partial charge >= 0.3 is 0 Å². The van der Waals surface area contributed by atoms with Gasteiger partial charge in [0.1, 0.15) is 11.6 Å². The van der Waals surface area contributed by atoms with Gasteiger partial charge in [-0.15, -0.1) is 0 Å². The van der Waals surface area contributed by atoms with Crippen molar-refractivity contribution in [1.29, 1.82) is 0 Å². The molecule has 0 amide bonds. The third-order valence-electron chi connectivity index (χ3n) is 7.86. The number of aliphatic hydroxyl groups is 2. The summed E-state index contributed by atoms with van der Waals surface area (Å²) >= 11 is 0. The van der Waals surface area contributed by atoms with Crippen LogP contribution in [0.2, 0.25) is 0 Å². The van der Waals surface area contributed by atoms with E-state index in [1.165, 1.54) is 12.1 Å². The number of carbonyl (C=O) groups excluding carboxylic acids is 1. The molecule has 3 aliphatic carbocycles. The van der Waals surface area contributed by atoms with E-state index in [2.05, 4.69) is 0 Å². The SMILES string of the molecule is CC(C)C(=O)CC1(O)C2C1C2(O)/C=C/c1c(C2CC2)nc2ccccc2c1-c1ccc(F)cc1. The Morgan fingerprint density at radius 3 is 2.44 bits per heavy atom. The number of para-hydroxylation sites is 1. The summed E-state index contributed by atoms with van der Waals surface area (Å²) in [5.41, 5.74) is 2.53. The van der Waals surface area contributed by atoms with E-state index < -0.39 is 11.2 Å². The summed E-state index contributed by atoms with van der Waals surface area (Å²) in [5.74, 6) is -0.626. The predicted molar refractivity (Wildman–Crippen MR) is 129 cm³/mol. The van der Waals surface area contributed by atoms with E-state index in [0.717, 1.165) is 46.1 Å². The third kappa shape index (κ3) is 3.25. The standard InChI is InChI=1S/C29H28FNO3/c1-16(2)23(32)15-29(34)26-27(29)28(26,33)14-13-21-24(17-9-11-19(30)12-10-17)20-5-3-4-6-22(20)31-25(21)18-7-8-18/h3-6,9-14,16,18,26-27,33-34H,7-8,15H2,1-2H3/b14-13+. The Balaban J connectivity index is 1.40. The number of pyridine rings is 1. The lowest BCUT2D eigenvalue weighted by Gasteiger charge is -2.26. The zero-order valence-corrected chi connectivity index (χ0v) is 19.3. The Morgan fingerprint density at radius 1 is 1.12 bits per heavy atom. The summed E-state index contributed by atoms with van der Waals surface area (Å²) in [6.45, 7) is 3.66. The fourth-order valence-electron chi connectivity index (χ4n) is 5.66. The van der Waals surface area contributed by atoms with Gasteiger partial charge in [0.25, 0.3) is 0 Å². The van der Waals surface area contributed by atoms with Gasteiger partial charge in [0.2, 0.25) is 0 Å². The summed E-state index contributed by atoms with van der Waals surface area (Å²) in [5, 5.41) is 22.9. The molecule has 1 aromatic heterocycles. The molecule has 2 unspecified atom stereocenters. The Hall–Kier alpha value is -2.89. The molecule has 4 nitrogen and oxygen atoms in total. The van der Waals surface area contributed by atoms with Crippen molar-refractivity contribution in [3.05, 3.63) is 71.7 Å². The Bertz CT molecular complexity index is 1330. The molecular weight excluding hydrogens is 429 g/mol. The number of hydrogen-bond acceptors (Lipinski definition) is 4. The van der Waals surface area contributed by atoms with Crippen molar-refractivity contribution in [1.82, 2.24) is 4.98 Å². The van der Waals surface area contributed by atoms with Crippen molar-refractivity contribution in [3.8, 4) is 11.1 Å². The van der Waals surface area contributed by atoms with Gasteiger partial charge in [-0.2, -0.15) is 0 Å². The number of Topliss-reactive ketones (excluding diaryl/α,β-unsaturated/α-hetero) is 1. The smallest absolute Gasteiger partial charge is 0.138 e. The molecule has 2 N–H and O–H groups in total. The minimum atomic E-state index is -1.10. The molecular formula is C29H28FNO3. The van der Waals surface area contributed by atoms with Crippen LogP contribution in [0, 0.1) is 23.6 Å². The molecule has 1 heterocycles. The van der Waals surface area contributed by atoms with Crippen LogP contribution in [-0.4, -0.2) is 32.2 Å². The first-order valence-electron chi connectivity index (χ1n) is 12.1. The highest BCUT2D eigenvalue weighted by atomic mass is 19.1. The molecule has 5 heteroatoms. The van der Waals surface area contributed by atoms with Crippen LogP contribution >= 0.6 is 0 Å². The second-order valence-electron chi connectivity index (χ2n) is 10.5. The van der Waals surface area contributed by atoms with Crippen LogP contribution in [0.25, 0.3) is 28.1 Å². The van der Waals surface area contributed by atoms with Crippen LogP contribution < -0.4 is 0 Å². The van der Waals surface area contributed by atoms with E-state index in [1.807, 2.05) is 44.2 Å². The lowest BCUT2D eigenvalue weighted by Crippen LogP contribution is -2.38. The molecule has 0 spiro atoms. The number of benzene rings is 2. The first kappa shape index (κ1) is 21.6. The van der Waals surface area contributed by atoms with Crippen LogP contribution in [0.15, 0.2) is 54.6 Å². The average Bonchev–Trinajstić information content (AvgIpc) is 3.73. The fraction of sp³-hybridized carbons (Fsp3) is 0.379. The minimum absolute atomic E-state index is 0.0226. The molecule has 174 valence electrons. The summed E-state index contributed by atoms with van der Waals surface area (Å²) in [7, 11) is 0. The molecule has 34 heavy (non-hydrogen) atoms. The normalized spacial score (nSPS) is 29.6. The highest BCUT2D eigenvalue weighted by Crippen LogP contribution is 2.79. The van der Waals surface area contributed by atoms with E-state index in [1.54, 1.807) is 18.2 Å². The molecule has 3 saturated carbocycles. The average molecular weight is 458 g/mol. The number of aromatic nitrogens is 1. The van der Waals surface area contributed by atoms with Gasteiger partial charge in [0.05, 0.1) is 22.4 Å². The topological polar surface area (TPSA) is 70.4 Å². The van der Waals surface area contributed by atoms with E-state index in [4.69, 9.17) is 4.98 Å². The number of hydrogen-bond donors (Lipinski definition) is 2. The molecule has 0 bridgehead atoms. The van der Waals surface area contributed by atoms with Crippen molar-refractivity contribution in [3.63, 3.8) is 0 Å². The van der Waals surface area contributed by atoms with Crippen LogP contribution in [0.1, 0.15) is 50.3 Å². The minimum Gasteiger partial charge on any atom is -0.389 e. The van der Waals surface area contributed by atoms with Gasteiger partial charge in [0.15, 0.2) is 0 Å². The first-order valence-corrected chi connectivity index (χ1v) is 12.1. The van der Waals surface area contributed by atoms with Crippen LogP contribution in [-0.2, 0) is 4.79 Å². The van der Waals surface area contributed by atoms with Gasteiger partial charge in [-0.25, -0.2) is 4.39 Å². The Kier molecular flexibility index (Phi) is 4.65. The molecule has 2 aromatic carbocycles. The zero-order chi connectivity index (χ0) is 23.8. The Morgan fingerprint density at radius 2 is 1.79 bits per heavy atom. The van der Waals surface area contributed by atoms with Crippen molar-refractivity contribution in [2.24, 2.45) is 17.8 Å². The second-order valence-corrected chi connectivity index (χ2v) is 10.5. The van der Waals surface area contributed by atoms with E-state index in [9.17, 15) is 19.4 Å². The zero-order valence-electron chi connectivity index (χ0n) is 19.3. The number of ketones is 1. The van der Waals surface area contributed by atoms with E-state index >= 15 is 0 Å². The van der Waals surface area contributed by atoms with Gasteiger partial charge in [-0.05, 0) is 36.6 Å². The van der Waals surface area contributed by atoms with Crippen molar-refractivity contribution in [2.45, 2.75) is 50.2 Å². The summed E-state index contributed by atoms with van der Waals surface area (Å²) in [6.07, 6.45) is 5.95. The summed E-state index contributed by atoms with van der Waals surface area (Å²) < 4.78 is 13.7. The maximum absolute atomic E-state index is 13.7. The van der Waals surface area contributed by atoms with Gasteiger partial charge < -0.3 is 10.2 Å². The third-order valence-corrected chi connectivity index (χ3v) is 7.86. The quantitative estimate of drug-likeness (QED) is 0.507. The van der Waals surface area contributed by atoms with E-state index in [-0.39, 0.29) is 35.8 Å². The van der Waals surface area contributed by atoms with Crippen LogP contribution in [0.3, 0.4) is 0 Å². The number of fused-ring (bicyclic) bond motifs is 2. The number of carbonyl (C=O) groups is 1. The highest BCUT2D eigenvalue weighted by Gasteiger charge is 2.91. The molecule has 2 atom stereocenters. The number of halogens is 1. The second kappa shape index (κ2) is 7.30. The fourth-order valence-corrected chi connectivity index (χ4v) is 5.66. The predicted octanol–water partition coefficient (Wildman–Crippen LogP) is 5.27. The molecule has 3 aromatic rings. The van der Waals surface area contributed by atoms with Gasteiger partial charge in [-0.1, -0.05) is 56.3 Å². The summed E-state index contributed by atoms with van der Waals surface area (Å²) in [6, 6.07) is 14.4. The number of rotatable bonds is 7. The van der Waals surface area contributed by atoms with Crippen molar-refractivity contribution < 1.29 is 19.4 Å². The van der Waals surface area contributed by atoms with Gasteiger partial charge in [0, 0.05) is 46.6 Å². The molecule has 3 fully saturated rings. The van der Waals surface area contributed by atoms with Crippen molar-refractivity contribution in [2.75, 3.05) is 0 Å². The lowest BCUT2D eigenvalue weighted by molar-refractivity contribution is -0.127. The van der Waals surface area contributed by atoms with Crippen LogP contribution in [0.4, 0.5) is 4.39 Å². The first-order chi connectivity index (χ1) is 16.2. The van der Waals surface area contributed by atoms with Crippen molar-refractivity contribution >= 4 is 22.8 Å². The molecule has 0 aliphatic heterocycles. The summed E-state index contributed by atoms with van der Waals surface area (Å²) in [4.78, 5) is 17.1. The Labute approximate surface area is 198 Å². The van der Waals surface area contributed by atoms with Gasteiger partial charge in [-0.3, -0.25) is 9.78 Å².